The number of nitrogens with one attached hydrogen (secondary N) is 1. The van der Waals surface area contributed by atoms with Gasteiger partial charge in [0.05, 0.1) is 10.7 Å². The van der Waals surface area contributed by atoms with Crippen LogP contribution in [0.4, 0.5) is 5.69 Å². The Bertz CT molecular complexity index is 777. The third-order valence-electron chi connectivity index (χ3n) is 3.00. The quantitative estimate of drug-likeness (QED) is 0.890. The van der Waals surface area contributed by atoms with Crippen LogP contribution in [0.25, 0.3) is 0 Å². The Balaban J connectivity index is 2.47. The number of hydrogen-bond acceptors (Lipinski definition) is 3. The van der Waals surface area contributed by atoms with Crippen molar-refractivity contribution in [1.29, 1.82) is 0 Å². The molecule has 2 aromatic rings. The van der Waals surface area contributed by atoms with E-state index in [9.17, 15) is 8.42 Å². The Morgan fingerprint density at radius 2 is 1.81 bits per heavy atom. The van der Waals surface area contributed by atoms with E-state index in [2.05, 4.69) is 4.72 Å². The van der Waals surface area contributed by atoms with E-state index in [1.165, 1.54) is 12.1 Å². The van der Waals surface area contributed by atoms with E-state index in [4.69, 9.17) is 28.9 Å². The summed E-state index contributed by atoms with van der Waals surface area (Å²) in [5.74, 6) is 0. The highest BCUT2D eigenvalue weighted by atomic mass is 35.5. The van der Waals surface area contributed by atoms with E-state index in [0.717, 1.165) is 5.56 Å². The zero-order chi connectivity index (χ0) is 15.6. The van der Waals surface area contributed by atoms with Crippen LogP contribution >= 0.6 is 23.2 Å². The number of benzene rings is 2. The molecule has 0 bridgehead atoms. The van der Waals surface area contributed by atoms with Crippen LogP contribution in [0.2, 0.25) is 10.0 Å². The summed E-state index contributed by atoms with van der Waals surface area (Å²) in [4.78, 5) is -0.0442. The lowest BCUT2D eigenvalue weighted by Crippen LogP contribution is -2.15. The Morgan fingerprint density at radius 1 is 1.14 bits per heavy atom. The summed E-state index contributed by atoms with van der Waals surface area (Å²) in [5, 5.41) is 0.399. The molecule has 21 heavy (non-hydrogen) atoms. The van der Waals surface area contributed by atoms with Crippen LogP contribution in [0.15, 0.2) is 41.3 Å². The monoisotopic (exact) mass is 344 g/mol. The minimum atomic E-state index is -3.81. The maximum absolute atomic E-state index is 12.5. The summed E-state index contributed by atoms with van der Waals surface area (Å²) >= 11 is 12.0. The normalized spacial score (nSPS) is 11.4. The van der Waals surface area contributed by atoms with Gasteiger partial charge in [-0.25, -0.2) is 8.42 Å². The van der Waals surface area contributed by atoms with Crippen molar-refractivity contribution in [2.75, 3.05) is 4.72 Å². The average Bonchev–Trinajstić information content (AvgIpc) is 2.41. The average molecular weight is 345 g/mol. The highest BCUT2D eigenvalue weighted by Crippen LogP contribution is 2.30. The van der Waals surface area contributed by atoms with Crippen molar-refractivity contribution < 1.29 is 8.42 Å². The molecule has 0 aliphatic rings. The molecular formula is C14H14Cl2N2O2S. The number of sulfonamides is 1. The molecule has 2 rings (SSSR count). The van der Waals surface area contributed by atoms with Gasteiger partial charge < -0.3 is 5.73 Å². The fourth-order valence-corrected chi connectivity index (χ4v) is 3.83. The Morgan fingerprint density at radius 3 is 2.43 bits per heavy atom. The number of nitrogens with two attached hydrogens (primary N) is 1. The van der Waals surface area contributed by atoms with Gasteiger partial charge in [-0.3, -0.25) is 4.72 Å². The first-order chi connectivity index (χ1) is 9.85. The van der Waals surface area contributed by atoms with Crippen molar-refractivity contribution in [3.63, 3.8) is 0 Å². The van der Waals surface area contributed by atoms with Gasteiger partial charge in [-0.05, 0) is 36.2 Å². The minimum absolute atomic E-state index is 0.0442. The first-order valence-corrected chi connectivity index (χ1v) is 8.35. The van der Waals surface area contributed by atoms with Crippen LogP contribution in [0.3, 0.4) is 0 Å². The summed E-state index contributed by atoms with van der Waals surface area (Å²) < 4.78 is 27.5. The fraction of sp³-hybridized carbons (Fsp3) is 0.143. The van der Waals surface area contributed by atoms with Gasteiger partial charge in [0.15, 0.2) is 0 Å². The molecule has 0 atom stereocenters. The van der Waals surface area contributed by atoms with Gasteiger partial charge in [0, 0.05) is 11.6 Å². The van der Waals surface area contributed by atoms with Crippen molar-refractivity contribution in [1.82, 2.24) is 0 Å². The fourth-order valence-electron chi connectivity index (χ4n) is 1.82. The molecule has 112 valence electrons. The van der Waals surface area contributed by atoms with Crippen LogP contribution in [0, 0.1) is 6.92 Å². The van der Waals surface area contributed by atoms with E-state index >= 15 is 0 Å². The summed E-state index contributed by atoms with van der Waals surface area (Å²) in [5.41, 5.74) is 7.37. The highest BCUT2D eigenvalue weighted by molar-refractivity contribution is 7.92. The van der Waals surface area contributed by atoms with E-state index in [0.29, 0.717) is 16.3 Å². The summed E-state index contributed by atoms with van der Waals surface area (Å²) in [6.07, 6.45) is 0. The molecule has 0 aliphatic heterocycles. The van der Waals surface area contributed by atoms with Gasteiger partial charge in [-0.2, -0.15) is 0 Å². The number of halogens is 2. The molecule has 0 unspecified atom stereocenters. The molecule has 0 saturated carbocycles. The molecule has 3 N–H and O–H groups in total. The first-order valence-electron chi connectivity index (χ1n) is 6.11. The van der Waals surface area contributed by atoms with Gasteiger partial charge in [-0.15, -0.1) is 0 Å². The molecule has 4 nitrogen and oxygen atoms in total. The second-order valence-electron chi connectivity index (χ2n) is 4.50. The molecule has 0 aliphatic carbocycles. The SMILES string of the molecule is Cc1ccccc1NS(=O)(=O)c1cc(CN)c(Cl)cc1Cl. The van der Waals surface area contributed by atoms with Crippen LogP contribution in [0.5, 0.6) is 0 Å². The van der Waals surface area contributed by atoms with Crippen LogP contribution in [0.1, 0.15) is 11.1 Å². The topological polar surface area (TPSA) is 72.2 Å². The van der Waals surface area contributed by atoms with Gasteiger partial charge in [0.1, 0.15) is 4.90 Å². The van der Waals surface area contributed by atoms with Crippen LogP contribution < -0.4 is 10.5 Å². The third kappa shape index (κ3) is 3.49. The summed E-state index contributed by atoms with van der Waals surface area (Å²) in [7, 11) is -3.81. The van der Waals surface area contributed by atoms with E-state index < -0.39 is 10.0 Å². The second kappa shape index (κ2) is 6.23. The standard InChI is InChI=1S/C14H14Cl2N2O2S/c1-9-4-2-3-5-13(9)18-21(19,20)14-6-10(8-17)11(15)7-12(14)16/h2-7,18H,8,17H2,1H3. The van der Waals surface area contributed by atoms with Crippen molar-refractivity contribution in [2.45, 2.75) is 18.4 Å². The predicted molar refractivity (Wildman–Crippen MR) is 86.3 cm³/mol. The largest absolute Gasteiger partial charge is 0.326 e. The molecule has 0 fully saturated rings. The van der Waals surface area contributed by atoms with E-state index in [1.54, 1.807) is 12.1 Å². The molecule has 0 spiro atoms. The minimum Gasteiger partial charge on any atom is -0.326 e. The number of anilines is 1. The predicted octanol–water partition coefficient (Wildman–Crippen LogP) is 3.56. The lowest BCUT2D eigenvalue weighted by Gasteiger charge is -2.13. The van der Waals surface area contributed by atoms with Crippen LogP contribution in [-0.4, -0.2) is 8.42 Å². The molecule has 0 radical (unpaired) electrons. The number of aryl methyl sites for hydroxylation is 1. The van der Waals surface area contributed by atoms with E-state index in [1.807, 2.05) is 19.1 Å². The molecule has 7 heteroatoms. The molecule has 0 amide bonds. The first kappa shape index (κ1) is 16.1. The Labute approximate surface area is 133 Å². The van der Waals surface area contributed by atoms with Gasteiger partial charge in [-0.1, -0.05) is 41.4 Å². The lowest BCUT2D eigenvalue weighted by molar-refractivity contribution is 0.601. The van der Waals surface area contributed by atoms with Gasteiger partial charge in [0.2, 0.25) is 0 Å². The molecular weight excluding hydrogens is 331 g/mol. The van der Waals surface area contributed by atoms with Crippen LogP contribution in [-0.2, 0) is 16.6 Å². The lowest BCUT2D eigenvalue weighted by atomic mass is 10.2. The van der Waals surface area contributed by atoms with E-state index in [-0.39, 0.29) is 16.5 Å². The maximum atomic E-state index is 12.5. The molecule has 0 saturated heterocycles. The smallest absolute Gasteiger partial charge is 0.263 e. The number of para-hydroxylation sites is 1. The summed E-state index contributed by atoms with van der Waals surface area (Å²) in [6.45, 7) is 1.94. The number of hydrogen-bond donors (Lipinski definition) is 2. The Kier molecular flexibility index (Phi) is 4.78. The van der Waals surface area contributed by atoms with Crippen molar-refractivity contribution in [2.24, 2.45) is 5.73 Å². The zero-order valence-electron chi connectivity index (χ0n) is 11.2. The van der Waals surface area contributed by atoms with Gasteiger partial charge >= 0.3 is 0 Å². The van der Waals surface area contributed by atoms with Crippen molar-refractivity contribution in [3.05, 3.63) is 57.6 Å². The second-order valence-corrected chi connectivity index (χ2v) is 6.96. The molecule has 0 heterocycles. The Hall–Kier alpha value is -1.27. The molecule has 0 aromatic heterocycles. The maximum Gasteiger partial charge on any atom is 0.263 e. The zero-order valence-corrected chi connectivity index (χ0v) is 13.6. The molecule has 2 aromatic carbocycles. The van der Waals surface area contributed by atoms with Crippen molar-refractivity contribution in [3.8, 4) is 0 Å². The highest BCUT2D eigenvalue weighted by Gasteiger charge is 2.20. The third-order valence-corrected chi connectivity index (χ3v) is 5.18. The van der Waals surface area contributed by atoms with Crippen molar-refractivity contribution >= 4 is 38.9 Å². The van der Waals surface area contributed by atoms with Gasteiger partial charge in [0.25, 0.3) is 10.0 Å². The number of rotatable bonds is 4. The summed E-state index contributed by atoms with van der Waals surface area (Å²) in [6, 6.07) is 9.85.